The largest absolute Gasteiger partial charge is 0.297 e. The third-order valence-electron chi connectivity index (χ3n) is 1.70. The van der Waals surface area contributed by atoms with Crippen molar-refractivity contribution in [3.8, 4) is 0 Å². The minimum atomic E-state index is -0.483. The van der Waals surface area contributed by atoms with Crippen molar-refractivity contribution in [2.45, 2.75) is 0 Å². The van der Waals surface area contributed by atoms with E-state index >= 15 is 0 Å². The molecule has 0 aliphatic rings. The predicted octanol–water partition coefficient (Wildman–Crippen LogP) is 1.95. The summed E-state index contributed by atoms with van der Waals surface area (Å²) in [5, 5.41) is 11.0. The van der Waals surface area contributed by atoms with Gasteiger partial charge < -0.3 is 0 Å². The Kier molecular flexibility index (Phi) is 1.66. The molecule has 0 unspecified atom stereocenters. The summed E-state index contributed by atoms with van der Waals surface area (Å²) in [7, 11) is 0. The summed E-state index contributed by atoms with van der Waals surface area (Å²) in [6.07, 6.45) is 2.77. The van der Waals surface area contributed by atoms with Crippen molar-refractivity contribution in [3.63, 3.8) is 0 Å². The van der Waals surface area contributed by atoms with Crippen LogP contribution in [0.15, 0.2) is 24.5 Å². The number of hydrogen-bond acceptors (Lipinski definition) is 3. The molecule has 2 aromatic heterocycles. The summed E-state index contributed by atoms with van der Waals surface area (Å²) in [6, 6.07) is 3.24. The molecule has 0 aromatic carbocycles. The number of aromatic nitrogens is 2. The number of fused-ring (bicyclic) bond motifs is 1. The molecule has 2 aromatic rings. The van der Waals surface area contributed by atoms with Crippen molar-refractivity contribution < 1.29 is 4.92 Å². The molecule has 0 atom stereocenters. The highest BCUT2D eigenvalue weighted by atomic mass is 35.5. The first kappa shape index (κ1) is 8.00. The van der Waals surface area contributed by atoms with Gasteiger partial charge in [-0.3, -0.25) is 10.1 Å². The van der Waals surface area contributed by atoms with Gasteiger partial charge in [-0.25, -0.2) is 9.07 Å². The Morgan fingerprint density at radius 3 is 3.08 bits per heavy atom. The zero-order valence-corrected chi connectivity index (χ0v) is 7.10. The topological polar surface area (TPSA) is 61.0 Å². The van der Waals surface area contributed by atoms with Gasteiger partial charge in [0.05, 0.1) is 10.3 Å². The first-order valence-corrected chi connectivity index (χ1v) is 3.80. The van der Waals surface area contributed by atoms with Crippen molar-refractivity contribution in [3.05, 3.63) is 34.6 Å². The van der Waals surface area contributed by atoms with Gasteiger partial charge in [-0.1, -0.05) is 0 Å². The van der Waals surface area contributed by atoms with Crippen molar-refractivity contribution in [1.82, 2.24) is 9.07 Å². The monoisotopic (exact) mass is 197 g/mol. The van der Waals surface area contributed by atoms with Crippen molar-refractivity contribution >= 4 is 28.5 Å². The van der Waals surface area contributed by atoms with Crippen LogP contribution in [0.3, 0.4) is 0 Å². The smallest absolute Gasteiger partial charge is 0.258 e. The molecule has 0 bridgehead atoms. The Labute approximate surface area is 77.8 Å². The fourth-order valence-electron chi connectivity index (χ4n) is 1.15. The van der Waals surface area contributed by atoms with Crippen molar-refractivity contribution in [2.24, 2.45) is 0 Å². The van der Waals surface area contributed by atoms with E-state index in [0.29, 0.717) is 11.0 Å². The van der Waals surface area contributed by atoms with Crippen LogP contribution in [-0.2, 0) is 0 Å². The molecule has 0 N–H and O–H groups in total. The van der Waals surface area contributed by atoms with Gasteiger partial charge >= 0.3 is 0 Å². The van der Waals surface area contributed by atoms with Gasteiger partial charge in [-0.05, 0) is 12.1 Å². The van der Waals surface area contributed by atoms with E-state index in [2.05, 4.69) is 4.98 Å². The van der Waals surface area contributed by atoms with Crippen LogP contribution in [0.25, 0.3) is 11.0 Å². The van der Waals surface area contributed by atoms with E-state index in [4.69, 9.17) is 11.8 Å². The summed E-state index contributed by atoms with van der Waals surface area (Å²) in [4.78, 5) is 14.0. The summed E-state index contributed by atoms with van der Waals surface area (Å²) in [6.45, 7) is 0. The molecule has 0 aliphatic carbocycles. The molecule has 13 heavy (non-hydrogen) atoms. The highest BCUT2D eigenvalue weighted by Gasteiger charge is 2.16. The molecule has 66 valence electrons. The molecular weight excluding hydrogens is 194 g/mol. The van der Waals surface area contributed by atoms with Crippen LogP contribution < -0.4 is 0 Å². The van der Waals surface area contributed by atoms with Gasteiger partial charge in [-0.2, -0.15) is 0 Å². The second kappa shape index (κ2) is 2.70. The lowest BCUT2D eigenvalue weighted by atomic mass is 10.3. The van der Waals surface area contributed by atoms with E-state index in [9.17, 15) is 10.1 Å². The number of nitro groups is 1. The molecule has 0 spiro atoms. The highest BCUT2D eigenvalue weighted by molar-refractivity contribution is 6.19. The highest BCUT2D eigenvalue weighted by Crippen LogP contribution is 2.26. The summed E-state index contributed by atoms with van der Waals surface area (Å²) >= 11 is 5.67. The summed E-state index contributed by atoms with van der Waals surface area (Å²) in [5.41, 5.74) is 0.369. The number of rotatable bonds is 1. The maximum Gasteiger partial charge on any atom is 0.297 e. The Morgan fingerprint density at radius 2 is 2.38 bits per heavy atom. The maximum absolute atomic E-state index is 10.5. The molecule has 0 amide bonds. The molecule has 0 aliphatic heterocycles. The second-order valence-corrected chi connectivity index (χ2v) is 2.82. The molecule has 2 rings (SSSR count). The number of hydrogen-bond donors (Lipinski definition) is 0. The number of pyridine rings is 1. The third kappa shape index (κ3) is 1.13. The SMILES string of the molecule is O=[N+]([O-])c1cn(Cl)c2ncccc12. The quantitative estimate of drug-likeness (QED) is 0.519. The van der Waals surface area contributed by atoms with E-state index in [1.54, 1.807) is 12.1 Å². The van der Waals surface area contributed by atoms with E-state index < -0.39 is 4.92 Å². The Morgan fingerprint density at radius 1 is 1.62 bits per heavy atom. The lowest BCUT2D eigenvalue weighted by molar-refractivity contribution is -0.383. The predicted molar refractivity (Wildman–Crippen MR) is 47.6 cm³/mol. The van der Waals surface area contributed by atoms with Crippen LogP contribution in [-0.4, -0.2) is 14.0 Å². The molecule has 0 radical (unpaired) electrons. The molecular formula is C7H4ClN3O2. The number of nitrogens with zero attached hydrogens (tertiary/aromatic N) is 3. The van der Waals surface area contributed by atoms with Gasteiger partial charge in [-0.15, -0.1) is 0 Å². The fourth-order valence-corrected chi connectivity index (χ4v) is 1.38. The van der Waals surface area contributed by atoms with E-state index in [1.807, 2.05) is 0 Å². The Balaban J connectivity index is 2.85. The van der Waals surface area contributed by atoms with Crippen LogP contribution in [0, 0.1) is 10.1 Å². The van der Waals surface area contributed by atoms with Gasteiger partial charge in [0.2, 0.25) is 0 Å². The lowest BCUT2D eigenvalue weighted by Crippen LogP contribution is -1.84. The zero-order valence-electron chi connectivity index (χ0n) is 6.35. The van der Waals surface area contributed by atoms with E-state index in [-0.39, 0.29) is 5.69 Å². The van der Waals surface area contributed by atoms with Crippen LogP contribution >= 0.6 is 11.8 Å². The molecule has 0 saturated carbocycles. The maximum atomic E-state index is 10.5. The first-order chi connectivity index (χ1) is 6.20. The Hall–Kier alpha value is -1.62. The number of halogens is 1. The molecule has 0 saturated heterocycles. The van der Waals surface area contributed by atoms with Gasteiger partial charge in [0.25, 0.3) is 5.69 Å². The second-order valence-electron chi connectivity index (χ2n) is 2.46. The van der Waals surface area contributed by atoms with Gasteiger partial charge in [0, 0.05) is 18.0 Å². The first-order valence-electron chi connectivity index (χ1n) is 3.47. The fraction of sp³-hybridized carbons (Fsp3) is 0. The van der Waals surface area contributed by atoms with Crippen molar-refractivity contribution in [2.75, 3.05) is 0 Å². The lowest BCUT2D eigenvalue weighted by Gasteiger charge is -1.88. The summed E-state index contributed by atoms with van der Waals surface area (Å²) in [5.74, 6) is 0. The minimum Gasteiger partial charge on any atom is -0.258 e. The molecule has 6 heteroatoms. The average Bonchev–Trinajstić information content (AvgIpc) is 2.45. The molecule has 2 heterocycles. The zero-order chi connectivity index (χ0) is 9.42. The average molecular weight is 198 g/mol. The standard InChI is InChI=1S/C7H4ClN3O2/c8-10-4-6(11(12)13)5-2-1-3-9-7(5)10/h1-4H. The van der Waals surface area contributed by atoms with Crippen LogP contribution in [0.1, 0.15) is 0 Å². The van der Waals surface area contributed by atoms with Crippen LogP contribution in [0.2, 0.25) is 0 Å². The van der Waals surface area contributed by atoms with E-state index in [1.165, 1.54) is 12.4 Å². The van der Waals surface area contributed by atoms with Gasteiger partial charge in [0.15, 0.2) is 5.65 Å². The normalized spacial score (nSPS) is 10.5. The van der Waals surface area contributed by atoms with Crippen LogP contribution in [0.5, 0.6) is 0 Å². The van der Waals surface area contributed by atoms with E-state index in [0.717, 1.165) is 4.09 Å². The Bertz CT molecular complexity index is 480. The van der Waals surface area contributed by atoms with Crippen LogP contribution in [0.4, 0.5) is 5.69 Å². The minimum absolute atomic E-state index is 0.0295. The van der Waals surface area contributed by atoms with Gasteiger partial charge in [0.1, 0.15) is 6.20 Å². The third-order valence-corrected chi connectivity index (χ3v) is 1.95. The molecule has 5 nitrogen and oxygen atoms in total. The molecule has 0 fully saturated rings. The van der Waals surface area contributed by atoms with Crippen molar-refractivity contribution in [1.29, 1.82) is 0 Å². The summed E-state index contributed by atoms with van der Waals surface area (Å²) < 4.78 is 1.12.